The number of anilines is 1. The molecule has 0 amide bonds. The van der Waals surface area contributed by atoms with Gasteiger partial charge in [-0.3, -0.25) is 0 Å². The molecule has 112 valence electrons. The Bertz CT molecular complexity index is 426. The van der Waals surface area contributed by atoms with Gasteiger partial charge in [0.05, 0.1) is 0 Å². The molecule has 1 fully saturated rings. The molecule has 1 heterocycles. The third-order valence-corrected chi connectivity index (χ3v) is 3.85. The number of aromatic nitrogens is 2. The van der Waals surface area contributed by atoms with Crippen molar-refractivity contribution in [3.05, 3.63) is 11.9 Å². The smallest absolute Gasteiger partial charge is 0.218 e. The molecule has 1 saturated carbocycles. The summed E-state index contributed by atoms with van der Waals surface area (Å²) in [5.41, 5.74) is 0. The second-order valence-corrected chi connectivity index (χ2v) is 6.05. The van der Waals surface area contributed by atoms with Gasteiger partial charge in [0.2, 0.25) is 5.88 Å². The molecular formula is C16H27N3O. The van der Waals surface area contributed by atoms with E-state index in [2.05, 4.69) is 43.0 Å². The molecule has 0 aliphatic heterocycles. The summed E-state index contributed by atoms with van der Waals surface area (Å²) in [7, 11) is 0. The predicted molar refractivity (Wildman–Crippen MR) is 82.2 cm³/mol. The fourth-order valence-corrected chi connectivity index (χ4v) is 3.10. The molecule has 2 rings (SSSR count). The molecule has 0 radical (unpaired) electrons. The Labute approximate surface area is 122 Å². The fourth-order valence-electron chi connectivity index (χ4n) is 3.10. The molecule has 1 aromatic heterocycles. The minimum atomic E-state index is 0.294. The number of hydrogen-bond acceptors (Lipinski definition) is 4. The van der Waals surface area contributed by atoms with Crippen molar-refractivity contribution in [2.75, 3.05) is 11.9 Å². The van der Waals surface area contributed by atoms with Gasteiger partial charge < -0.3 is 10.1 Å². The summed E-state index contributed by atoms with van der Waals surface area (Å²) < 4.78 is 6.13. The van der Waals surface area contributed by atoms with Crippen LogP contribution in [0.1, 0.15) is 52.8 Å². The molecule has 1 N–H and O–H groups in total. The molecule has 4 nitrogen and oxygen atoms in total. The molecule has 4 heteroatoms. The summed E-state index contributed by atoms with van der Waals surface area (Å²) in [6, 6.07) is 1.92. The second-order valence-electron chi connectivity index (χ2n) is 6.05. The standard InChI is InChI=1S/C16H27N3O/c1-5-14-18-15(17-6-2)10-16(19-14)20-13-8-11(3)7-12(4)9-13/h10-13H,5-9H2,1-4H3,(H,17,18,19). The monoisotopic (exact) mass is 277 g/mol. The van der Waals surface area contributed by atoms with Gasteiger partial charge >= 0.3 is 0 Å². The maximum Gasteiger partial charge on any atom is 0.218 e. The minimum absolute atomic E-state index is 0.294. The highest BCUT2D eigenvalue weighted by atomic mass is 16.5. The van der Waals surface area contributed by atoms with Crippen molar-refractivity contribution in [1.82, 2.24) is 9.97 Å². The average molecular weight is 277 g/mol. The Hall–Kier alpha value is -1.32. The molecule has 0 aromatic carbocycles. The van der Waals surface area contributed by atoms with Gasteiger partial charge in [-0.1, -0.05) is 20.8 Å². The third kappa shape index (κ3) is 4.09. The number of nitrogens with zero attached hydrogens (tertiary/aromatic N) is 2. The van der Waals surface area contributed by atoms with Crippen molar-refractivity contribution in [2.45, 2.75) is 59.5 Å². The Morgan fingerprint density at radius 3 is 2.45 bits per heavy atom. The summed E-state index contributed by atoms with van der Waals surface area (Å²) in [4.78, 5) is 8.97. The van der Waals surface area contributed by atoms with E-state index in [0.29, 0.717) is 6.10 Å². The largest absolute Gasteiger partial charge is 0.474 e. The van der Waals surface area contributed by atoms with Gasteiger partial charge in [0.15, 0.2) is 0 Å². The van der Waals surface area contributed by atoms with E-state index in [9.17, 15) is 0 Å². The number of nitrogens with one attached hydrogen (secondary N) is 1. The van der Waals surface area contributed by atoms with E-state index in [0.717, 1.165) is 55.2 Å². The first kappa shape index (κ1) is 15.1. The van der Waals surface area contributed by atoms with Gasteiger partial charge in [0, 0.05) is 19.0 Å². The van der Waals surface area contributed by atoms with E-state index in [1.807, 2.05) is 6.07 Å². The zero-order valence-corrected chi connectivity index (χ0v) is 13.1. The van der Waals surface area contributed by atoms with E-state index in [-0.39, 0.29) is 0 Å². The second kappa shape index (κ2) is 6.91. The lowest BCUT2D eigenvalue weighted by atomic mass is 9.82. The first-order valence-corrected chi connectivity index (χ1v) is 7.89. The quantitative estimate of drug-likeness (QED) is 0.892. The van der Waals surface area contributed by atoms with Crippen molar-refractivity contribution in [3.63, 3.8) is 0 Å². The van der Waals surface area contributed by atoms with Gasteiger partial charge in [0.25, 0.3) is 0 Å². The summed E-state index contributed by atoms with van der Waals surface area (Å²) in [5.74, 6) is 3.91. The van der Waals surface area contributed by atoms with Gasteiger partial charge in [-0.05, 0) is 38.0 Å². The fraction of sp³-hybridized carbons (Fsp3) is 0.750. The zero-order valence-electron chi connectivity index (χ0n) is 13.1. The maximum atomic E-state index is 6.13. The minimum Gasteiger partial charge on any atom is -0.474 e. The topological polar surface area (TPSA) is 47.0 Å². The van der Waals surface area contributed by atoms with Crippen LogP contribution in [0, 0.1) is 11.8 Å². The highest BCUT2D eigenvalue weighted by molar-refractivity contribution is 5.38. The number of rotatable bonds is 5. The molecule has 0 spiro atoms. The van der Waals surface area contributed by atoms with Gasteiger partial charge in [0.1, 0.15) is 17.7 Å². The molecule has 0 bridgehead atoms. The molecule has 20 heavy (non-hydrogen) atoms. The Morgan fingerprint density at radius 1 is 1.15 bits per heavy atom. The zero-order chi connectivity index (χ0) is 14.5. The molecule has 1 aromatic rings. The van der Waals surface area contributed by atoms with Crippen molar-refractivity contribution in [1.29, 1.82) is 0 Å². The van der Waals surface area contributed by atoms with Crippen LogP contribution in [-0.4, -0.2) is 22.6 Å². The van der Waals surface area contributed by atoms with E-state index >= 15 is 0 Å². The predicted octanol–water partition coefficient (Wildman–Crippen LogP) is 3.67. The summed E-state index contributed by atoms with van der Waals surface area (Å²) >= 11 is 0. The summed E-state index contributed by atoms with van der Waals surface area (Å²) in [5, 5.41) is 3.25. The van der Waals surface area contributed by atoms with Crippen LogP contribution >= 0.6 is 0 Å². The molecule has 2 unspecified atom stereocenters. The highest BCUT2D eigenvalue weighted by Crippen LogP contribution is 2.31. The molecule has 0 saturated heterocycles. The molecule has 2 atom stereocenters. The van der Waals surface area contributed by atoms with Crippen molar-refractivity contribution in [2.24, 2.45) is 11.8 Å². The lowest BCUT2D eigenvalue weighted by Gasteiger charge is -2.31. The van der Waals surface area contributed by atoms with Crippen molar-refractivity contribution >= 4 is 5.82 Å². The molecular weight excluding hydrogens is 250 g/mol. The Morgan fingerprint density at radius 2 is 1.85 bits per heavy atom. The van der Waals surface area contributed by atoms with Crippen LogP contribution in [0.25, 0.3) is 0 Å². The van der Waals surface area contributed by atoms with E-state index in [4.69, 9.17) is 4.74 Å². The van der Waals surface area contributed by atoms with E-state index < -0.39 is 0 Å². The number of aryl methyl sites for hydroxylation is 1. The van der Waals surface area contributed by atoms with Crippen LogP contribution in [0.4, 0.5) is 5.82 Å². The Kier molecular flexibility index (Phi) is 5.21. The van der Waals surface area contributed by atoms with Crippen LogP contribution in [0.5, 0.6) is 5.88 Å². The number of hydrogen-bond donors (Lipinski definition) is 1. The van der Waals surface area contributed by atoms with Crippen LogP contribution in [-0.2, 0) is 6.42 Å². The van der Waals surface area contributed by atoms with E-state index in [1.165, 1.54) is 6.42 Å². The maximum absolute atomic E-state index is 6.13. The number of ether oxygens (including phenoxy) is 1. The third-order valence-electron chi connectivity index (χ3n) is 3.85. The van der Waals surface area contributed by atoms with Gasteiger partial charge in [-0.15, -0.1) is 0 Å². The van der Waals surface area contributed by atoms with Crippen LogP contribution < -0.4 is 10.1 Å². The first-order chi connectivity index (χ1) is 9.60. The molecule has 1 aliphatic rings. The normalized spacial score (nSPS) is 26.3. The SMILES string of the molecule is CCNc1cc(OC2CC(C)CC(C)C2)nc(CC)n1. The highest BCUT2D eigenvalue weighted by Gasteiger charge is 2.25. The first-order valence-electron chi connectivity index (χ1n) is 7.89. The summed E-state index contributed by atoms with van der Waals surface area (Å²) in [6.07, 6.45) is 4.70. The molecule has 1 aliphatic carbocycles. The summed E-state index contributed by atoms with van der Waals surface area (Å²) in [6.45, 7) is 9.62. The van der Waals surface area contributed by atoms with Crippen LogP contribution in [0.3, 0.4) is 0 Å². The van der Waals surface area contributed by atoms with Crippen LogP contribution in [0.15, 0.2) is 6.07 Å². The lowest BCUT2D eigenvalue weighted by Crippen LogP contribution is -2.29. The van der Waals surface area contributed by atoms with Gasteiger partial charge in [-0.25, -0.2) is 4.98 Å². The van der Waals surface area contributed by atoms with E-state index in [1.54, 1.807) is 0 Å². The Balaban J connectivity index is 2.09. The van der Waals surface area contributed by atoms with Crippen molar-refractivity contribution in [3.8, 4) is 5.88 Å². The average Bonchev–Trinajstić information content (AvgIpc) is 2.37. The lowest BCUT2D eigenvalue weighted by molar-refractivity contribution is 0.0964. The van der Waals surface area contributed by atoms with Crippen molar-refractivity contribution < 1.29 is 4.74 Å². The van der Waals surface area contributed by atoms with Gasteiger partial charge in [-0.2, -0.15) is 4.98 Å². The van der Waals surface area contributed by atoms with Crippen LogP contribution in [0.2, 0.25) is 0 Å².